The molecule has 0 bridgehead atoms. The molecule has 0 fully saturated rings. The summed E-state index contributed by atoms with van der Waals surface area (Å²) in [4.78, 5) is 0. The number of benzene rings is 3. The standard InChI is InChI=1S/C24H23IO4/c1-14(2)29-24-9-16-13-28-22-10-18(17-6-4-5-7-21(17)25)15(12-26)8-20(22)19(16)11-23(24)27-3/h4-11,14,26H,12-13H2,1-3H3. The number of aliphatic hydroxyl groups excluding tert-OH is 1. The Morgan fingerprint density at radius 3 is 2.48 bits per heavy atom. The van der Waals surface area contributed by atoms with E-state index in [-0.39, 0.29) is 12.7 Å². The first-order valence-corrected chi connectivity index (χ1v) is 10.6. The molecule has 5 heteroatoms. The molecule has 1 heterocycles. The summed E-state index contributed by atoms with van der Waals surface area (Å²) in [5.41, 5.74) is 5.99. The van der Waals surface area contributed by atoms with E-state index in [1.54, 1.807) is 7.11 Å². The second-order valence-corrected chi connectivity index (χ2v) is 8.42. The molecule has 0 radical (unpaired) electrons. The zero-order valence-corrected chi connectivity index (χ0v) is 18.8. The third kappa shape index (κ3) is 3.81. The Bertz CT molecular complexity index is 1060. The average Bonchev–Trinajstić information content (AvgIpc) is 2.72. The van der Waals surface area contributed by atoms with Gasteiger partial charge >= 0.3 is 0 Å². The maximum absolute atomic E-state index is 10.1. The number of fused-ring (bicyclic) bond motifs is 3. The third-order valence-electron chi connectivity index (χ3n) is 4.97. The molecule has 3 aromatic rings. The van der Waals surface area contributed by atoms with Gasteiger partial charge in [0, 0.05) is 14.7 Å². The molecule has 1 N–H and O–H groups in total. The van der Waals surface area contributed by atoms with E-state index in [9.17, 15) is 5.11 Å². The molecule has 0 amide bonds. The lowest BCUT2D eigenvalue weighted by Gasteiger charge is -2.25. The molecule has 0 atom stereocenters. The summed E-state index contributed by atoms with van der Waals surface area (Å²) in [6.45, 7) is 4.40. The van der Waals surface area contributed by atoms with E-state index in [4.69, 9.17) is 14.2 Å². The van der Waals surface area contributed by atoms with Crippen LogP contribution in [0.25, 0.3) is 22.3 Å². The molecule has 0 aliphatic carbocycles. The van der Waals surface area contributed by atoms with Crippen molar-refractivity contribution in [3.63, 3.8) is 0 Å². The number of methoxy groups -OCH3 is 1. The molecule has 29 heavy (non-hydrogen) atoms. The van der Waals surface area contributed by atoms with Gasteiger partial charge in [0.1, 0.15) is 12.4 Å². The Labute approximate surface area is 184 Å². The highest BCUT2D eigenvalue weighted by Gasteiger charge is 2.23. The lowest BCUT2D eigenvalue weighted by Crippen LogP contribution is -2.11. The molecule has 0 spiro atoms. The van der Waals surface area contributed by atoms with Crippen molar-refractivity contribution in [1.29, 1.82) is 0 Å². The molecule has 4 nitrogen and oxygen atoms in total. The van der Waals surface area contributed by atoms with Gasteiger partial charge in [-0.25, -0.2) is 0 Å². The monoisotopic (exact) mass is 502 g/mol. The lowest BCUT2D eigenvalue weighted by atomic mass is 9.90. The van der Waals surface area contributed by atoms with E-state index in [1.165, 1.54) is 0 Å². The highest BCUT2D eigenvalue weighted by atomic mass is 127. The average molecular weight is 502 g/mol. The van der Waals surface area contributed by atoms with Crippen LogP contribution in [0.15, 0.2) is 48.5 Å². The van der Waals surface area contributed by atoms with E-state index in [1.807, 2.05) is 50.2 Å². The fraction of sp³-hybridized carbons (Fsp3) is 0.250. The van der Waals surface area contributed by atoms with Gasteiger partial charge in [0.25, 0.3) is 0 Å². The highest BCUT2D eigenvalue weighted by molar-refractivity contribution is 14.1. The van der Waals surface area contributed by atoms with Crippen molar-refractivity contribution in [2.45, 2.75) is 33.2 Å². The summed E-state index contributed by atoms with van der Waals surface area (Å²) in [6, 6.07) is 16.2. The van der Waals surface area contributed by atoms with Crippen LogP contribution in [0, 0.1) is 3.57 Å². The first-order valence-electron chi connectivity index (χ1n) is 9.55. The normalized spacial score (nSPS) is 12.2. The summed E-state index contributed by atoms with van der Waals surface area (Å²) in [5.74, 6) is 2.22. The predicted octanol–water partition coefficient (Wildman–Crippen LogP) is 5.81. The Morgan fingerprint density at radius 1 is 1.00 bits per heavy atom. The number of hydrogen-bond acceptors (Lipinski definition) is 4. The molecule has 0 unspecified atom stereocenters. The smallest absolute Gasteiger partial charge is 0.161 e. The fourth-order valence-electron chi connectivity index (χ4n) is 3.65. The quantitative estimate of drug-likeness (QED) is 0.448. The molecule has 3 aromatic carbocycles. The molecular formula is C24H23IO4. The minimum absolute atomic E-state index is 0.0470. The van der Waals surface area contributed by atoms with E-state index in [0.29, 0.717) is 18.1 Å². The number of rotatable bonds is 5. The predicted molar refractivity (Wildman–Crippen MR) is 123 cm³/mol. The van der Waals surface area contributed by atoms with Crippen molar-refractivity contribution in [3.05, 3.63) is 63.2 Å². The second-order valence-electron chi connectivity index (χ2n) is 7.26. The number of ether oxygens (including phenoxy) is 3. The van der Waals surface area contributed by atoms with Crippen LogP contribution in [-0.4, -0.2) is 18.3 Å². The zero-order valence-electron chi connectivity index (χ0n) is 16.7. The fourth-order valence-corrected chi connectivity index (χ4v) is 4.33. The molecular weight excluding hydrogens is 479 g/mol. The second kappa shape index (κ2) is 8.24. The maximum atomic E-state index is 10.1. The van der Waals surface area contributed by atoms with Crippen LogP contribution in [0.1, 0.15) is 25.0 Å². The number of aliphatic hydroxyl groups is 1. The van der Waals surface area contributed by atoms with Gasteiger partial charge in [-0.15, -0.1) is 0 Å². The Morgan fingerprint density at radius 2 is 1.79 bits per heavy atom. The van der Waals surface area contributed by atoms with Crippen LogP contribution in [0.5, 0.6) is 17.2 Å². The SMILES string of the molecule is COc1cc2c(cc1OC(C)C)COc1cc(-c3ccccc3I)c(CO)cc1-2. The van der Waals surface area contributed by atoms with Gasteiger partial charge in [-0.05, 0) is 89.0 Å². The minimum Gasteiger partial charge on any atom is -0.493 e. The van der Waals surface area contributed by atoms with Crippen LogP contribution >= 0.6 is 22.6 Å². The van der Waals surface area contributed by atoms with Crippen LogP contribution in [-0.2, 0) is 13.2 Å². The van der Waals surface area contributed by atoms with E-state index >= 15 is 0 Å². The first kappa shape index (κ1) is 20.0. The minimum atomic E-state index is -0.0470. The van der Waals surface area contributed by atoms with Crippen LogP contribution in [0.3, 0.4) is 0 Å². The highest BCUT2D eigenvalue weighted by Crippen LogP contribution is 2.45. The molecule has 4 rings (SSSR count). The van der Waals surface area contributed by atoms with Gasteiger partial charge in [-0.1, -0.05) is 18.2 Å². The molecule has 1 aliphatic rings. The van der Waals surface area contributed by atoms with Gasteiger partial charge in [0.05, 0.1) is 19.8 Å². The van der Waals surface area contributed by atoms with Crippen molar-refractivity contribution in [2.75, 3.05) is 7.11 Å². The molecule has 150 valence electrons. The third-order valence-corrected chi connectivity index (χ3v) is 5.91. The lowest BCUT2D eigenvalue weighted by molar-refractivity contribution is 0.228. The Balaban J connectivity index is 1.87. The topological polar surface area (TPSA) is 47.9 Å². The summed E-state index contributed by atoms with van der Waals surface area (Å²) in [5, 5.41) is 10.1. The van der Waals surface area contributed by atoms with Crippen LogP contribution < -0.4 is 14.2 Å². The van der Waals surface area contributed by atoms with Gasteiger partial charge in [0.2, 0.25) is 0 Å². The Hall–Kier alpha value is -2.25. The maximum Gasteiger partial charge on any atom is 0.161 e. The number of hydrogen-bond donors (Lipinski definition) is 1. The Kier molecular flexibility index (Phi) is 5.69. The van der Waals surface area contributed by atoms with Crippen LogP contribution in [0.2, 0.25) is 0 Å². The summed E-state index contributed by atoms with van der Waals surface area (Å²) in [7, 11) is 1.65. The first-order chi connectivity index (χ1) is 14.0. The van der Waals surface area contributed by atoms with Crippen molar-refractivity contribution < 1.29 is 19.3 Å². The van der Waals surface area contributed by atoms with Gasteiger partial charge in [-0.3, -0.25) is 0 Å². The van der Waals surface area contributed by atoms with Gasteiger partial charge in [-0.2, -0.15) is 0 Å². The van der Waals surface area contributed by atoms with Crippen LogP contribution in [0.4, 0.5) is 0 Å². The molecule has 0 saturated heterocycles. The van der Waals surface area contributed by atoms with E-state index in [0.717, 1.165) is 42.7 Å². The van der Waals surface area contributed by atoms with Crippen molar-refractivity contribution in [3.8, 4) is 39.5 Å². The van der Waals surface area contributed by atoms with Crippen molar-refractivity contribution in [2.24, 2.45) is 0 Å². The van der Waals surface area contributed by atoms with Crippen molar-refractivity contribution >= 4 is 22.6 Å². The van der Waals surface area contributed by atoms with Crippen molar-refractivity contribution in [1.82, 2.24) is 0 Å². The molecule has 0 aromatic heterocycles. The zero-order chi connectivity index (χ0) is 20.5. The summed E-state index contributed by atoms with van der Waals surface area (Å²) in [6.07, 6.45) is 0.0515. The van der Waals surface area contributed by atoms with E-state index in [2.05, 4.69) is 34.7 Å². The summed E-state index contributed by atoms with van der Waals surface area (Å²) >= 11 is 2.32. The summed E-state index contributed by atoms with van der Waals surface area (Å²) < 4.78 is 18.7. The van der Waals surface area contributed by atoms with Gasteiger partial charge < -0.3 is 19.3 Å². The largest absolute Gasteiger partial charge is 0.493 e. The molecule has 0 saturated carbocycles. The van der Waals surface area contributed by atoms with E-state index < -0.39 is 0 Å². The molecule has 1 aliphatic heterocycles. The number of halogens is 1. The van der Waals surface area contributed by atoms with Gasteiger partial charge in [0.15, 0.2) is 11.5 Å².